The maximum atomic E-state index is 12.1. The Bertz CT molecular complexity index is 628. The third-order valence-corrected chi connectivity index (χ3v) is 10.6. The molecule has 0 bridgehead atoms. The summed E-state index contributed by atoms with van der Waals surface area (Å²) >= 11 is 0. The van der Waals surface area contributed by atoms with Crippen LogP contribution >= 0.6 is 0 Å². The van der Waals surface area contributed by atoms with E-state index in [-0.39, 0.29) is 0 Å². The van der Waals surface area contributed by atoms with Crippen LogP contribution in [0.2, 0.25) is 0 Å². The van der Waals surface area contributed by atoms with Gasteiger partial charge in [0.2, 0.25) is 0 Å². The van der Waals surface area contributed by atoms with Crippen molar-refractivity contribution in [3.8, 4) is 0 Å². The fraction of sp³-hybridized carbons (Fsp3) is 0.889. The quantitative estimate of drug-likeness (QED) is 0.446. The number of allylic oxidation sites excluding steroid dienone is 2. The molecule has 0 heterocycles. The SMILES string of the molecule is CCC(CC)C[C@@H](C)[C@H]1CC[C@H]2[C@@H]3CC=C4CC(=O)CC[C@]4(C)[C@H]3CC[C@]12C. The Kier molecular flexibility index (Phi) is 5.60. The molecule has 0 unspecified atom stereocenters. The lowest BCUT2D eigenvalue weighted by atomic mass is 9.47. The van der Waals surface area contributed by atoms with Gasteiger partial charge in [-0.25, -0.2) is 0 Å². The standard InChI is InChI=1S/C27H44O/c1-6-19(7-2)16-18(3)23-10-11-24-22-9-8-20-17-21(28)12-14-26(20,4)25(22)13-15-27(23,24)5/h8,18-19,22-25H,6-7,9-17H2,1-5H3/t18-,22+,23-,24+,25+,26+,27-/m1/s1. The average molecular weight is 385 g/mol. The van der Waals surface area contributed by atoms with Crippen LogP contribution < -0.4 is 0 Å². The maximum absolute atomic E-state index is 12.1. The van der Waals surface area contributed by atoms with Crippen molar-refractivity contribution in [1.29, 1.82) is 0 Å². The summed E-state index contributed by atoms with van der Waals surface area (Å²) < 4.78 is 0. The van der Waals surface area contributed by atoms with Crippen molar-refractivity contribution in [1.82, 2.24) is 0 Å². The van der Waals surface area contributed by atoms with Crippen LogP contribution in [0.1, 0.15) is 105 Å². The van der Waals surface area contributed by atoms with E-state index in [2.05, 4.69) is 40.7 Å². The smallest absolute Gasteiger partial charge is 0.136 e. The number of ketones is 1. The fourth-order valence-corrected chi connectivity index (χ4v) is 8.76. The average Bonchev–Trinajstić information content (AvgIpc) is 3.04. The monoisotopic (exact) mass is 384 g/mol. The Labute approximate surface area is 174 Å². The van der Waals surface area contributed by atoms with Gasteiger partial charge in [-0.05, 0) is 91.3 Å². The molecule has 1 heteroatoms. The van der Waals surface area contributed by atoms with E-state index in [1.807, 2.05) is 0 Å². The van der Waals surface area contributed by atoms with Crippen molar-refractivity contribution in [2.24, 2.45) is 46.3 Å². The lowest BCUT2D eigenvalue weighted by Gasteiger charge is -2.58. The summed E-state index contributed by atoms with van der Waals surface area (Å²) in [5.74, 6) is 5.87. The summed E-state index contributed by atoms with van der Waals surface area (Å²) in [7, 11) is 0. The summed E-state index contributed by atoms with van der Waals surface area (Å²) in [6, 6.07) is 0. The van der Waals surface area contributed by atoms with Crippen molar-refractivity contribution in [3.05, 3.63) is 11.6 Å². The minimum atomic E-state index is 0.331. The van der Waals surface area contributed by atoms with Crippen molar-refractivity contribution < 1.29 is 4.79 Å². The van der Waals surface area contributed by atoms with Gasteiger partial charge in [0.1, 0.15) is 5.78 Å². The van der Waals surface area contributed by atoms with Crippen molar-refractivity contribution in [2.75, 3.05) is 0 Å². The molecule has 0 aromatic rings. The first kappa shape index (κ1) is 20.7. The van der Waals surface area contributed by atoms with Crippen molar-refractivity contribution >= 4 is 5.78 Å². The number of carbonyl (C=O) groups is 1. The zero-order chi connectivity index (χ0) is 20.1. The van der Waals surface area contributed by atoms with E-state index in [1.54, 1.807) is 0 Å². The molecular weight excluding hydrogens is 340 g/mol. The molecule has 0 aliphatic heterocycles. The summed E-state index contributed by atoms with van der Waals surface area (Å²) in [5.41, 5.74) is 2.42. The molecule has 0 aromatic heterocycles. The van der Waals surface area contributed by atoms with Gasteiger partial charge < -0.3 is 0 Å². The summed E-state index contributed by atoms with van der Waals surface area (Å²) in [6.07, 6.45) is 16.4. The molecule has 0 saturated heterocycles. The van der Waals surface area contributed by atoms with Crippen LogP contribution in [-0.4, -0.2) is 5.78 Å². The first-order valence-corrected chi connectivity index (χ1v) is 12.5. The first-order chi connectivity index (χ1) is 13.3. The van der Waals surface area contributed by atoms with Crippen molar-refractivity contribution in [2.45, 2.75) is 105 Å². The third kappa shape index (κ3) is 3.14. The molecule has 0 spiro atoms. The molecule has 3 fully saturated rings. The highest BCUT2D eigenvalue weighted by molar-refractivity contribution is 5.82. The molecule has 0 aromatic carbocycles. The Balaban J connectivity index is 1.54. The van der Waals surface area contributed by atoms with E-state index in [0.29, 0.717) is 16.6 Å². The molecule has 158 valence electrons. The van der Waals surface area contributed by atoms with Gasteiger partial charge >= 0.3 is 0 Å². The second-order valence-electron chi connectivity index (χ2n) is 11.6. The van der Waals surface area contributed by atoms with Gasteiger partial charge in [-0.15, -0.1) is 0 Å². The first-order valence-electron chi connectivity index (χ1n) is 12.5. The largest absolute Gasteiger partial charge is 0.299 e. The molecule has 0 amide bonds. The minimum Gasteiger partial charge on any atom is -0.299 e. The topological polar surface area (TPSA) is 17.1 Å². The zero-order valence-corrected chi connectivity index (χ0v) is 19.2. The lowest BCUT2D eigenvalue weighted by Crippen LogP contribution is -2.50. The van der Waals surface area contributed by atoms with E-state index >= 15 is 0 Å². The second-order valence-corrected chi connectivity index (χ2v) is 11.6. The Morgan fingerprint density at radius 3 is 2.54 bits per heavy atom. The molecule has 28 heavy (non-hydrogen) atoms. The highest BCUT2D eigenvalue weighted by Crippen LogP contribution is 2.67. The number of hydrogen-bond donors (Lipinski definition) is 0. The summed E-state index contributed by atoms with van der Waals surface area (Å²) in [5, 5.41) is 0. The van der Waals surface area contributed by atoms with Gasteiger partial charge in [0.15, 0.2) is 0 Å². The Morgan fingerprint density at radius 2 is 1.82 bits per heavy atom. The Hall–Kier alpha value is -0.590. The van der Waals surface area contributed by atoms with Gasteiger partial charge in [0, 0.05) is 12.8 Å². The van der Waals surface area contributed by atoms with Crippen LogP contribution in [0.15, 0.2) is 11.6 Å². The molecular formula is C27H44O. The maximum Gasteiger partial charge on any atom is 0.136 e. The van der Waals surface area contributed by atoms with Crippen LogP contribution in [-0.2, 0) is 4.79 Å². The normalized spacial score (nSPS) is 43.9. The van der Waals surface area contributed by atoms with E-state index in [4.69, 9.17) is 0 Å². The minimum absolute atomic E-state index is 0.331. The van der Waals surface area contributed by atoms with Gasteiger partial charge in [-0.2, -0.15) is 0 Å². The van der Waals surface area contributed by atoms with Crippen molar-refractivity contribution in [3.63, 3.8) is 0 Å². The van der Waals surface area contributed by atoms with E-state index in [0.717, 1.165) is 54.8 Å². The van der Waals surface area contributed by atoms with Gasteiger partial charge in [0.25, 0.3) is 0 Å². The number of carbonyl (C=O) groups excluding carboxylic acids is 1. The highest BCUT2D eigenvalue weighted by atomic mass is 16.1. The van der Waals surface area contributed by atoms with Crippen LogP contribution in [0.4, 0.5) is 0 Å². The van der Waals surface area contributed by atoms with E-state index in [1.165, 1.54) is 56.9 Å². The van der Waals surface area contributed by atoms with Crippen LogP contribution in [0, 0.1) is 46.3 Å². The number of rotatable bonds is 5. The number of hydrogen-bond acceptors (Lipinski definition) is 1. The lowest BCUT2D eigenvalue weighted by molar-refractivity contribution is -0.122. The Morgan fingerprint density at radius 1 is 1.07 bits per heavy atom. The number of Topliss-reactive ketones (excluding diaryl/α,β-unsaturated/α-hetero) is 1. The van der Waals surface area contributed by atoms with Gasteiger partial charge in [0.05, 0.1) is 0 Å². The molecule has 4 aliphatic carbocycles. The van der Waals surface area contributed by atoms with Gasteiger partial charge in [-0.3, -0.25) is 4.79 Å². The molecule has 7 atom stereocenters. The predicted molar refractivity (Wildman–Crippen MR) is 118 cm³/mol. The van der Waals surface area contributed by atoms with Crippen LogP contribution in [0.25, 0.3) is 0 Å². The van der Waals surface area contributed by atoms with Gasteiger partial charge in [-0.1, -0.05) is 59.1 Å². The van der Waals surface area contributed by atoms with E-state index in [9.17, 15) is 4.79 Å². The molecule has 1 nitrogen and oxygen atoms in total. The molecule has 4 aliphatic rings. The molecule has 0 radical (unpaired) electrons. The molecule has 4 rings (SSSR count). The second kappa shape index (κ2) is 7.59. The molecule has 3 saturated carbocycles. The molecule has 0 N–H and O–H groups in total. The zero-order valence-electron chi connectivity index (χ0n) is 19.2. The summed E-state index contributed by atoms with van der Waals surface area (Å²) in [4.78, 5) is 12.1. The third-order valence-electron chi connectivity index (χ3n) is 10.6. The predicted octanol–water partition coefficient (Wildman–Crippen LogP) is 7.60. The van der Waals surface area contributed by atoms with E-state index < -0.39 is 0 Å². The number of fused-ring (bicyclic) bond motifs is 5. The van der Waals surface area contributed by atoms with Crippen LogP contribution in [0.3, 0.4) is 0 Å². The highest BCUT2D eigenvalue weighted by Gasteiger charge is 2.59. The van der Waals surface area contributed by atoms with Crippen LogP contribution in [0.5, 0.6) is 0 Å². The fourth-order valence-electron chi connectivity index (χ4n) is 8.76. The summed E-state index contributed by atoms with van der Waals surface area (Å²) in [6.45, 7) is 12.5.